The number of hydrogen-bond acceptors (Lipinski definition) is 3. The Morgan fingerprint density at radius 2 is 1.85 bits per heavy atom. The van der Waals surface area contributed by atoms with Gasteiger partial charge in [-0.3, -0.25) is 4.79 Å². The van der Waals surface area contributed by atoms with Gasteiger partial charge < -0.3 is 16.0 Å². The van der Waals surface area contributed by atoms with E-state index in [9.17, 15) is 4.79 Å². The van der Waals surface area contributed by atoms with Crippen molar-refractivity contribution in [3.05, 3.63) is 35.9 Å². The Labute approximate surface area is 122 Å². The van der Waals surface area contributed by atoms with Gasteiger partial charge in [0, 0.05) is 12.6 Å². The number of likely N-dealkylation sites (N-methyl/N-ethyl adjacent to an activating group) is 1. The Kier molecular flexibility index (Phi) is 6.68. The molecule has 0 saturated carbocycles. The van der Waals surface area contributed by atoms with Crippen LogP contribution in [0, 0.1) is 5.92 Å². The van der Waals surface area contributed by atoms with Crippen LogP contribution in [0.2, 0.25) is 0 Å². The summed E-state index contributed by atoms with van der Waals surface area (Å²) < 4.78 is 0. The van der Waals surface area contributed by atoms with Crippen LogP contribution in [0.25, 0.3) is 0 Å². The highest BCUT2D eigenvalue weighted by Gasteiger charge is 2.19. The minimum Gasteiger partial charge on any atom is -0.353 e. The van der Waals surface area contributed by atoms with Crippen LogP contribution in [0.3, 0.4) is 0 Å². The molecular formula is C16H27N3O. The van der Waals surface area contributed by atoms with Crippen molar-refractivity contribution in [3.63, 3.8) is 0 Å². The summed E-state index contributed by atoms with van der Waals surface area (Å²) in [6, 6.07) is 9.68. The molecule has 1 unspecified atom stereocenters. The number of hydrogen-bond donors (Lipinski definition) is 2. The fourth-order valence-corrected chi connectivity index (χ4v) is 2.31. The summed E-state index contributed by atoms with van der Waals surface area (Å²) in [6.45, 7) is 4.94. The predicted octanol–water partition coefficient (Wildman–Crippen LogP) is 1.26. The fourth-order valence-electron chi connectivity index (χ4n) is 2.31. The lowest BCUT2D eigenvalue weighted by Crippen LogP contribution is -2.48. The fraction of sp³-hybridized carbons (Fsp3) is 0.562. The molecule has 0 saturated heterocycles. The number of amides is 1. The SMILES string of the molecule is CC(C)C(CNC(=O)[C@H](N)Cc1ccccc1)N(C)C. The Morgan fingerprint density at radius 3 is 2.35 bits per heavy atom. The molecule has 0 bridgehead atoms. The van der Waals surface area contributed by atoms with Crippen molar-refractivity contribution in [2.45, 2.75) is 32.4 Å². The highest BCUT2D eigenvalue weighted by molar-refractivity contribution is 5.81. The highest BCUT2D eigenvalue weighted by Crippen LogP contribution is 2.06. The van der Waals surface area contributed by atoms with Crippen molar-refractivity contribution in [2.24, 2.45) is 11.7 Å². The lowest BCUT2D eigenvalue weighted by Gasteiger charge is -2.28. The Bertz CT molecular complexity index is 395. The standard InChI is InChI=1S/C16H27N3O/c1-12(2)15(19(3)4)11-18-16(20)14(17)10-13-8-6-5-7-9-13/h5-9,12,14-15H,10-11,17H2,1-4H3,(H,18,20)/t14-,15?/m1/s1. The van der Waals surface area contributed by atoms with E-state index in [1.54, 1.807) is 0 Å². The Hall–Kier alpha value is -1.39. The van der Waals surface area contributed by atoms with Crippen LogP contribution in [0.5, 0.6) is 0 Å². The van der Waals surface area contributed by atoms with Crippen LogP contribution in [0.4, 0.5) is 0 Å². The van der Waals surface area contributed by atoms with E-state index in [2.05, 4.69) is 24.1 Å². The molecule has 0 aliphatic heterocycles. The van der Waals surface area contributed by atoms with Gasteiger partial charge in [0.15, 0.2) is 0 Å². The van der Waals surface area contributed by atoms with E-state index < -0.39 is 6.04 Å². The molecule has 4 heteroatoms. The second-order valence-electron chi connectivity index (χ2n) is 5.82. The summed E-state index contributed by atoms with van der Waals surface area (Å²) in [7, 11) is 4.06. The lowest BCUT2D eigenvalue weighted by atomic mass is 10.0. The van der Waals surface area contributed by atoms with E-state index in [1.807, 2.05) is 44.4 Å². The van der Waals surface area contributed by atoms with E-state index in [-0.39, 0.29) is 5.91 Å². The molecule has 0 fully saturated rings. The first-order chi connectivity index (χ1) is 9.41. The molecule has 3 N–H and O–H groups in total. The zero-order chi connectivity index (χ0) is 15.1. The van der Waals surface area contributed by atoms with E-state index in [0.29, 0.717) is 24.9 Å². The average molecular weight is 277 g/mol. The summed E-state index contributed by atoms with van der Waals surface area (Å²) in [4.78, 5) is 14.2. The topological polar surface area (TPSA) is 58.4 Å². The van der Waals surface area contributed by atoms with Crippen molar-refractivity contribution >= 4 is 5.91 Å². The summed E-state index contributed by atoms with van der Waals surface area (Å²) in [5, 5.41) is 2.96. The molecule has 1 rings (SSSR count). The van der Waals surface area contributed by atoms with Crippen molar-refractivity contribution < 1.29 is 4.79 Å². The lowest BCUT2D eigenvalue weighted by molar-refractivity contribution is -0.122. The van der Waals surface area contributed by atoms with Gasteiger partial charge in [0.05, 0.1) is 6.04 Å². The van der Waals surface area contributed by atoms with E-state index in [0.717, 1.165) is 5.56 Å². The third-order valence-corrected chi connectivity index (χ3v) is 3.55. The molecule has 2 atom stereocenters. The molecule has 0 spiro atoms. The van der Waals surface area contributed by atoms with E-state index >= 15 is 0 Å². The van der Waals surface area contributed by atoms with Crippen molar-refractivity contribution in [3.8, 4) is 0 Å². The monoisotopic (exact) mass is 277 g/mol. The van der Waals surface area contributed by atoms with Crippen LogP contribution in [0.1, 0.15) is 19.4 Å². The van der Waals surface area contributed by atoms with Gasteiger partial charge in [-0.15, -0.1) is 0 Å². The number of nitrogens with zero attached hydrogens (tertiary/aromatic N) is 1. The van der Waals surface area contributed by atoms with Crippen molar-refractivity contribution in [1.82, 2.24) is 10.2 Å². The molecule has 20 heavy (non-hydrogen) atoms. The quantitative estimate of drug-likeness (QED) is 0.789. The Morgan fingerprint density at radius 1 is 1.25 bits per heavy atom. The normalized spacial score (nSPS) is 14.3. The van der Waals surface area contributed by atoms with Gasteiger partial charge in [0.1, 0.15) is 0 Å². The van der Waals surface area contributed by atoms with Crippen LogP contribution >= 0.6 is 0 Å². The van der Waals surface area contributed by atoms with Crippen LogP contribution in [-0.2, 0) is 11.2 Å². The van der Waals surface area contributed by atoms with Gasteiger partial charge in [0.2, 0.25) is 5.91 Å². The summed E-state index contributed by atoms with van der Waals surface area (Å²) in [6.07, 6.45) is 0.570. The van der Waals surface area contributed by atoms with Gasteiger partial charge >= 0.3 is 0 Å². The molecule has 0 aliphatic rings. The molecule has 4 nitrogen and oxygen atoms in total. The first-order valence-electron chi connectivity index (χ1n) is 7.15. The van der Waals surface area contributed by atoms with Crippen molar-refractivity contribution in [1.29, 1.82) is 0 Å². The summed E-state index contributed by atoms with van der Waals surface area (Å²) in [5.41, 5.74) is 7.05. The largest absolute Gasteiger partial charge is 0.353 e. The number of nitrogens with two attached hydrogens (primary N) is 1. The molecule has 1 aromatic carbocycles. The summed E-state index contributed by atoms with van der Waals surface area (Å²) >= 11 is 0. The van der Waals surface area contributed by atoms with Crippen LogP contribution in [0.15, 0.2) is 30.3 Å². The molecule has 1 amide bonds. The molecule has 1 aromatic rings. The summed E-state index contributed by atoms with van der Waals surface area (Å²) in [5.74, 6) is 0.400. The van der Waals surface area contributed by atoms with Gasteiger partial charge in [-0.1, -0.05) is 44.2 Å². The van der Waals surface area contributed by atoms with Gasteiger partial charge in [-0.05, 0) is 32.0 Å². The molecule has 0 aromatic heterocycles. The van der Waals surface area contributed by atoms with Crippen molar-refractivity contribution in [2.75, 3.05) is 20.6 Å². The maximum absolute atomic E-state index is 12.0. The number of nitrogens with one attached hydrogen (secondary N) is 1. The smallest absolute Gasteiger partial charge is 0.237 e. The maximum atomic E-state index is 12.0. The average Bonchev–Trinajstić information content (AvgIpc) is 2.38. The third-order valence-electron chi connectivity index (χ3n) is 3.55. The first-order valence-corrected chi connectivity index (χ1v) is 7.15. The second kappa shape index (κ2) is 8.02. The van der Waals surface area contributed by atoms with E-state index in [4.69, 9.17) is 5.73 Å². The second-order valence-corrected chi connectivity index (χ2v) is 5.82. The van der Waals surface area contributed by atoms with Crippen LogP contribution in [-0.4, -0.2) is 43.5 Å². The molecule has 0 aliphatic carbocycles. The minimum absolute atomic E-state index is 0.0821. The molecular weight excluding hydrogens is 250 g/mol. The predicted molar refractivity (Wildman–Crippen MR) is 83.4 cm³/mol. The van der Waals surface area contributed by atoms with Gasteiger partial charge in [-0.25, -0.2) is 0 Å². The Balaban J connectivity index is 2.46. The third kappa shape index (κ3) is 5.31. The maximum Gasteiger partial charge on any atom is 0.237 e. The molecule has 0 heterocycles. The number of rotatable bonds is 7. The zero-order valence-electron chi connectivity index (χ0n) is 13.0. The zero-order valence-corrected chi connectivity index (χ0v) is 13.0. The van der Waals surface area contributed by atoms with E-state index in [1.165, 1.54) is 0 Å². The molecule has 0 radical (unpaired) electrons. The highest BCUT2D eigenvalue weighted by atomic mass is 16.2. The minimum atomic E-state index is -0.493. The first kappa shape index (κ1) is 16.7. The van der Waals surface area contributed by atoms with Gasteiger partial charge in [0.25, 0.3) is 0 Å². The van der Waals surface area contributed by atoms with Gasteiger partial charge in [-0.2, -0.15) is 0 Å². The number of carbonyl (C=O) groups is 1. The van der Waals surface area contributed by atoms with Crippen LogP contribution < -0.4 is 11.1 Å². The number of benzene rings is 1. The number of carbonyl (C=O) groups excluding carboxylic acids is 1. The molecule has 112 valence electrons.